The number of benzene rings is 1. The van der Waals surface area contributed by atoms with Gasteiger partial charge >= 0.3 is 0 Å². The molecule has 4 aromatic rings. The van der Waals surface area contributed by atoms with E-state index in [2.05, 4.69) is 70.6 Å². The number of oxazole rings is 1. The molecule has 0 aliphatic carbocycles. The lowest BCUT2D eigenvalue weighted by atomic mass is 10.1. The Bertz CT molecular complexity index is 1120. The average molecular weight is 406 g/mol. The van der Waals surface area contributed by atoms with E-state index in [1.165, 1.54) is 11.1 Å². The van der Waals surface area contributed by atoms with Crippen molar-refractivity contribution in [2.24, 2.45) is 0 Å². The molecule has 0 spiro atoms. The number of hydrogen-bond acceptors (Lipinski definition) is 6. The number of pyridine rings is 1. The van der Waals surface area contributed by atoms with Gasteiger partial charge in [-0.1, -0.05) is 31.7 Å². The maximum absolute atomic E-state index is 5.84. The molecule has 3 aromatic heterocycles. The summed E-state index contributed by atoms with van der Waals surface area (Å²) in [5.41, 5.74) is 4.48. The molecule has 4 rings (SSSR count). The van der Waals surface area contributed by atoms with Crippen LogP contribution in [0.1, 0.15) is 42.5 Å². The van der Waals surface area contributed by atoms with Crippen molar-refractivity contribution in [2.75, 3.05) is 0 Å². The van der Waals surface area contributed by atoms with Gasteiger partial charge in [-0.3, -0.25) is 9.55 Å². The van der Waals surface area contributed by atoms with Gasteiger partial charge < -0.3 is 4.42 Å². The molecule has 148 valence electrons. The largest absolute Gasteiger partial charge is 0.445 e. The highest BCUT2D eigenvalue weighted by Crippen LogP contribution is 2.30. The summed E-state index contributed by atoms with van der Waals surface area (Å²) in [6, 6.07) is 10.3. The van der Waals surface area contributed by atoms with Crippen molar-refractivity contribution >= 4 is 11.8 Å². The van der Waals surface area contributed by atoms with Gasteiger partial charge in [0.1, 0.15) is 5.76 Å². The molecular formula is C22H23N5OS. The molecule has 0 saturated heterocycles. The van der Waals surface area contributed by atoms with E-state index in [1.54, 1.807) is 30.4 Å². The SMILES string of the molecule is Cc1ccc(-n2c(SCc3ncc(C(C)C)o3)nnc2-c2ccncc2)cc1C. The second-order valence-electron chi connectivity index (χ2n) is 7.25. The molecule has 0 N–H and O–H groups in total. The molecule has 6 nitrogen and oxygen atoms in total. The van der Waals surface area contributed by atoms with Gasteiger partial charge in [0, 0.05) is 23.9 Å². The molecule has 0 radical (unpaired) electrons. The third kappa shape index (κ3) is 4.10. The number of aryl methyl sites for hydroxylation is 2. The molecule has 1 aromatic carbocycles. The zero-order chi connectivity index (χ0) is 20.4. The molecule has 0 unspecified atom stereocenters. The van der Waals surface area contributed by atoms with Crippen LogP contribution in [0, 0.1) is 13.8 Å². The Morgan fingerprint density at radius 1 is 1.03 bits per heavy atom. The first kappa shape index (κ1) is 19.4. The lowest BCUT2D eigenvalue weighted by Crippen LogP contribution is -2.01. The van der Waals surface area contributed by atoms with E-state index >= 15 is 0 Å². The quantitative estimate of drug-likeness (QED) is 0.403. The predicted octanol–water partition coefficient (Wildman–Crippen LogP) is 5.35. The summed E-state index contributed by atoms with van der Waals surface area (Å²) in [6.07, 6.45) is 5.33. The molecular weight excluding hydrogens is 382 g/mol. The third-order valence-corrected chi connectivity index (χ3v) is 5.70. The molecule has 0 aliphatic heterocycles. The van der Waals surface area contributed by atoms with Crippen LogP contribution in [0.3, 0.4) is 0 Å². The van der Waals surface area contributed by atoms with Crippen molar-refractivity contribution in [1.29, 1.82) is 0 Å². The predicted molar refractivity (Wildman–Crippen MR) is 114 cm³/mol. The van der Waals surface area contributed by atoms with E-state index in [9.17, 15) is 0 Å². The van der Waals surface area contributed by atoms with Crippen LogP contribution in [-0.4, -0.2) is 24.7 Å². The monoisotopic (exact) mass is 405 g/mol. The standard InChI is InChI=1S/C22H23N5OS/c1-14(2)19-12-24-20(28-19)13-29-22-26-25-21(17-7-9-23-10-8-17)27(22)18-6-5-15(3)16(4)11-18/h5-12,14H,13H2,1-4H3. The average Bonchev–Trinajstić information content (AvgIpc) is 3.36. The summed E-state index contributed by atoms with van der Waals surface area (Å²) in [5, 5.41) is 9.73. The molecule has 0 amide bonds. The molecule has 3 heterocycles. The fourth-order valence-electron chi connectivity index (χ4n) is 2.93. The van der Waals surface area contributed by atoms with Crippen LogP contribution in [0.15, 0.2) is 58.5 Å². The Labute approximate surface area is 174 Å². The summed E-state index contributed by atoms with van der Waals surface area (Å²) < 4.78 is 7.92. The summed E-state index contributed by atoms with van der Waals surface area (Å²) in [4.78, 5) is 8.51. The van der Waals surface area contributed by atoms with Gasteiger partial charge in [-0.15, -0.1) is 10.2 Å². The summed E-state index contributed by atoms with van der Waals surface area (Å²) in [7, 11) is 0. The van der Waals surface area contributed by atoms with E-state index < -0.39 is 0 Å². The maximum Gasteiger partial charge on any atom is 0.204 e. The fourth-order valence-corrected chi connectivity index (χ4v) is 3.74. The molecule has 0 fully saturated rings. The van der Waals surface area contributed by atoms with E-state index in [4.69, 9.17) is 4.42 Å². The number of rotatable bonds is 6. The fraction of sp³-hybridized carbons (Fsp3) is 0.273. The maximum atomic E-state index is 5.84. The Balaban J connectivity index is 1.71. The minimum atomic E-state index is 0.318. The third-order valence-electron chi connectivity index (χ3n) is 4.79. The van der Waals surface area contributed by atoms with Gasteiger partial charge in [0.2, 0.25) is 5.89 Å². The number of aromatic nitrogens is 5. The highest BCUT2D eigenvalue weighted by atomic mass is 32.2. The Hall–Kier alpha value is -2.93. The molecule has 29 heavy (non-hydrogen) atoms. The molecule has 0 aliphatic rings. The molecule has 0 saturated carbocycles. The van der Waals surface area contributed by atoms with Gasteiger partial charge in [0.15, 0.2) is 11.0 Å². The van der Waals surface area contributed by atoms with Gasteiger partial charge in [-0.05, 0) is 49.2 Å². The van der Waals surface area contributed by atoms with E-state index in [0.717, 1.165) is 28.0 Å². The summed E-state index contributed by atoms with van der Waals surface area (Å²) in [6.45, 7) is 8.41. The first-order chi connectivity index (χ1) is 14.0. The highest BCUT2D eigenvalue weighted by Gasteiger charge is 2.18. The van der Waals surface area contributed by atoms with Gasteiger partial charge in [0.25, 0.3) is 0 Å². The van der Waals surface area contributed by atoms with Gasteiger partial charge in [0.05, 0.1) is 17.6 Å². The van der Waals surface area contributed by atoms with Gasteiger partial charge in [-0.2, -0.15) is 0 Å². The number of thioether (sulfide) groups is 1. The van der Waals surface area contributed by atoms with Crippen LogP contribution in [0.5, 0.6) is 0 Å². The molecule has 0 atom stereocenters. The lowest BCUT2D eigenvalue weighted by Gasteiger charge is -2.12. The minimum Gasteiger partial charge on any atom is -0.445 e. The van der Waals surface area contributed by atoms with Crippen molar-refractivity contribution in [3.63, 3.8) is 0 Å². The Morgan fingerprint density at radius 2 is 1.83 bits per heavy atom. The minimum absolute atomic E-state index is 0.318. The summed E-state index contributed by atoms with van der Waals surface area (Å²) in [5.74, 6) is 3.28. The van der Waals surface area contributed by atoms with Crippen molar-refractivity contribution in [3.8, 4) is 17.1 Å². The van der Waals surface area contributed by atoms with Crippen LogP contribution < -0.4 is 0 Å². The highest BCUT2D eigenvalue weighted by molar-refractivity contribution is 7.98. The van der Waals surface area contributed by atoms with Crippen molar-refractivity contribution in [3.05, 3.63) is 71.7 Å². The lowest BCUT2D eigenvalue weighted by molar-refractivity contribution is 0.453. The van der Waals surface area contributed by atoms with Crippen LogP contribution in [0.2, 0.25) is 0 Å². The van der Waals surface area contributed by atoms with Crippen molar-refractivity contribution < 1.29 is 4.42 Å². The Kier molecular flexibility index (Phi) is 5.49. The number of nitrogens with zero attached hydrogens (tertiary/aromatic N) is 5. The van der Waals surface area contributed by atoms with Crippen LogP contribution >= 0.6 is 11.8 Å². The second-order valence-corrected chi connectivity index (χ2v) is 8.19. The van der Waals surface area contributed by atoms with Crippen LogP contribution in [0.25, 0.3) is 17.1 Å². The molecule has 7 heteroatoms. The molecule has 0 bridgehead atoms. The van der Waals surface area contributed by atoms with Crippen molar-refractivity contribution in [1.82, 2.24) is 24.7 Å². The summed E-state index contributed by atoms with van der Waals surface area (Å²) >= 11 is 1.56. The van der Waals surface area contributed by atoms with E-state index in [-0.39, 0.29) is 0 Å². The van der Waals surface area contributed by atoms with E-state index in [1.807, 2.05) is 12.1 Å². The second kappa shape index (κ2) is 8.21. The number of hydrogen-bond donors (Lipinski definition) is 0. The van der Waals surface area contributed by atoms with Crippen LogP contribution in [0.4, 0.5) is 0 Å². The zero-order valence-electron chi connectivity index (χ0n) is 17.0. The topological polar surface area (TPSA) is 69.6 Å². The zero-order valence-corrected chi connectivity index (χ0v) is 17.8. The normalized spacial score (nSPS) is 11.3. The Morgan fingerprint density at radius 3 is 2.52 bits per heavy atom. The van der Waals surface area contributed by atoms with Crippen LogP contribution in [-0.2, 0) is 5.75 Å². The smallest absolute Gasteiger partial charge is 0.204 e. The van der Waals surface area contributed by atoms with Crippen molar-refractivity contribution in [2.45, 2.75) is 44.5 Å². The van der Waals surface area contributed by atoms with Gasteiger partial charge in [-0.25, -0.2) is 4.98 Å². The first-order valence-corrected chi connectivity index (χ1v) is 10.5. The van der Waals surface area contributed by atoms with E-state index in [0.29, 0.717) is 17.6 Å². The first-order valence-electron chi connectivity index (χ1n) is 9.53.